The summed E-state index contributed by atoms with van der Waals surface area (Å²) in [6.07, 6.45) is 5.01. The van der Waals surface area contributed by atoms with Crippen molar-refractivity contribution in [1.82, 2.24) is 4.31 Å². The van der Waals surface area contributed by atoms with Crippen LogP contribution in [0.25, 0.3) is 0 Å². The Kier molecular flexibility index (Phi) is 4.73. The molecule has 2 aliphatic rings. The van der Waals surface area contributed by atoms with Gasteiger partial charge in [-0.25, -0.2) is 8.42 Å². The van der Waals surface area contributed by atoms with Gasteiger partial charge in [-0.1, -0.05) is 13.3 Å². The number of nitrogens with zero attached hydrogens (tertiary/aromatic N) is 1. The molecule has 2 fully saturated rings. The van der Waals surface area contributed by atoms with Crippen LogP contribution in [0.2, 0.25) is 0 Å². The molecule has 6 heteroatoms. The van der Waals surface area contributed by atoms with E-state index in [0.717, 1.165) is 32.1 Å². The molecule has 1 saturated carbocycles. The number of sulfonamides is 1. The van der Waals surface area contributed by atoms with Gasteiger partial charge in [0, 0.05) is 24.7 Å². The zero-order chi connectivity index (χ0) is 16.4. The van der Waals surface area contributed by atoms with Crippen molar-refractivity contribution in [1.29, 1.82) is 0 Å². The van der Waals surface area contributed by atoms with Crippen LogP contribution in [0, 0.1) is 11.8 Å². The summed E-state index contributed by atoms with van der Waals surface area (Å²) >= 11 is 0. The largest absolute Gasteiger partial charge is 0.326 e. The Hall–Kier alpha value is -1.40. The van der Waals surface area contributed by atoms with Gasteiger partial charge in [-0.05, 0) is 55.9 Å². The number of hydrogen-bond donors (Lipinski definition) is 1. The van der Waals surface area contributed by atoms with Crippen molar-refractivity contribution in [3.63, 3.8) is 0 Å². The first-order valence-corrected chi connectivity index (χ1v) is 9.82. The van der Waals surface area contributed by atoms with E-state index < -0.39 is 10.0 Å². The van der Waals surface area contributed by atoms with E-state index >= 15 is 0 Å². The van der Waals surface area contributed by atoms with E-state index in [1.807, 2.05) is 0 Å². The first-order valence-electron chi connectivity index (χ1n) is 8.38. The Morgan fingerprint density at radius 2 is 1.83 bits per heavy atom. The highest BCUT2D eigenvalue weighted by molar-refractivity contribution is 7.89. The summed E-state index contributed by atoms with van der Waals surface area (Å²) in [5.41, 5.74) is 0.660. The molecule has 1 aliphatic carbocycles. The maximum absolute atomic E-state index is 12.7. The van der Waals surface area contributed by atoms with Crippen LogP contribution < -0.4 is 5.32 Å². The molecule has 0 aromatic heterocycles. The Balaban J connectivity index is 1.69. The van der Waals surface area contributed by atoms with Gasteiger partial charge >= 0.3 is 0 Å². The number of rotatable bonds is 4. The van der Waals surface area contributed by atoms with Gasteiger partial charge in [0.1, 0.15) is 0 Å². The molecule has 1 amide bonds. The number of anilines is 1. The van der Waals surface area contributed by atoms with Crippen LogP contribution in [0.4, 0.5) is 5.69 Å². The number of nitrogens with one attached hydrogen (secondary N) is 1. The van der Waals surface area contributed by atoms with Gasteiger partial charge in [0.25, 0.3) is 0 Å². The molecule has 1 saturated heterocycles. The van der Waals surface area contributed by atoms with E-state index in [-0.39, 0.29) is 11.8 Å². The topological polar surface area (TPSA) is 66.5 Å². The summed E-state index contributed by atoms with van der Waals surface area (Å²) in [6, 6.07) is 6.53. The maximum Gasteiger partial charge on any atom is 0.243 e. The van der Waals surface area contributed by atoms with Gasteiger partial charge in [0.15, 0.2) is 0 Å². The van der Waals surface area contributed by atoms with Crippen molar-refractivity contribution in [2.75, 3.05) is 18.4 Å². The predicted molar refractivity (Wildman–Crippen MR) is 89.6 cm³/mol. The summed E-state index contributed by atoms with van der Waals surface area (Å²) in [6.45, 7) is 3.26. The number of hydrogen-bond acceptors (Lipinski definition) is 3. The third-order valence-electron chi connectivity index (χ3n) is 4.86. The molecular formula is C17H24N2O3S. The Morgan fingerprint density at radius 3 is 2.39 bits per heavy atom. The zero-order valence-electron chi connectivity index (χ0n) is 13.5. The average Bonchev–Trinajstić information content (AvgIpc) is 2.46. The first-order chi connectivity index (χ1) is 11.0. The van der Waals surface area contributed by atoms with Gasteiger partial charge in [-0.3, -0.25) is 4.79 Å². The summed E-state index contributed by atoms with van der Waals surface area (Å²) in [5, 5.41) is 2.86. The lowest BCUT2D eigenvalue weighted by atomic mass is 9.85. The fourth-order valence-corrected chi connectivity index (χ4v) is 4.74. The van der Waals surface area contributed by atoms with Crippen molar-refractivity contribution in [2.45, 2.75) is 43.9 Å². The standard InChI is InChI=1S/C17H24N2O3S/c1-13-4-3-11-19(12-13)23(21,22)16-9-7-15(8-10-16)18-17(20)14-5-2-6-14/h7-10,13-14H,2-6,11-12H2,1H3,(H,18,20)/t13-/m1/s1. The molecule has 5 nitrogen and oxygen atoms in total. The molecule has 126 valence electrons. The molecule has 23 heavy (non-hydrogen) atoms. The Morgan fingerprint density at radius 1 is 1.13 bits per heavy atom. The SMILES string of the molecule is C[C@@H]1CCCN(S(=O)(=O)c2ccc(NC(=O)C3CCC3)cc2)C1. The third kappa shape index (κ3) is 3.58. The molecule has 0 unspecified atom stereocenters. The first kappa shape index (κ1) is 16.5. The predicted octanol–water partition coefficient (Wildman–Crippen LogP) is 2.85. The molecule has 1 aromatic carbocycles. The van der Waals surface area contributed by atoms with Crippen LogP contribution in [0.5, 0.6) is 0 Å². The van der Waals surface area contributed by atoms with Crippen LogP contribution >= 0.6 is 0 Å². The van der Waals surface area contributed by atoms with Gasteiger partial charge in [-0.15, -0.1) is 0 Å². The number of amides is 1. The molecule has 1 atom stereocenters. The van der Waals surface area contributed by atoms with Gasteiger partial charge < -0.3 is 5.32 Å². The van der Waals surface area contributed by atoms with Crippen LogP contribution in [-0.2, 0) is 14.8 Å². The Bertz CT molecular complexity index is 666. The summed E-state index contributed by atoms with van der Waals surface area (Å²) in [7, 11) is -3.43. The van der Waals surface area contributed by atoms with Gasteiger partial charge in [-0.2, -0.15) is 4.31 Å². The third-order valence-corrected chi connectivity index (χ3v) is 6.73. The molecule has 3 rings (SSSR count). The molecule has 1 heterocycles. The Labute approximate surface area is 138 Å². The van der Waals surface area contributed by atoms with Crippen LogP contribution in [0.1, 0.15) is 39.0 Å². The quantitative estimate of drug-likeness (QED) is 0.919. The fourth-order valence-electron chi connectivity index (χ4n) is 3.14. The second kappa shape index (κ2) is 6.61. The smallest absolute Gasteiger partial charge is 0.243 e. The highest BCUT2D eigenvalue weighted by Crippen LogP contribution is 2.28. The van der Waals surface area contributed by atoms with Crippen molar-refractivity contribution in [3.8, 4) is 0 Å². The fraction of sp³-hybridized carbons (Fsp3) is 0.588. The van der Waals surface area contributed by atoms with E-state index in [4.69, 9.17) is 0 Å². The molecule has 1 aliphatic heterocycles. The minimum absolute atomic E-state index is 0.0386. The lowest BCUT2D eigenvalue weighted by molar-refractivity contribution is -0.122. The number of carbonyl (C=O) groups is 1. The number of benzene rings is 1. The van der Waals surface area contributed by atoms with E-state index in [9.17, 15) is 13.2 Å². The van der Waals surface area contributed by atoms with E-state index in [1.165, 1.54) is 0 Å². The second-order valence-electron chi connectivity index (χ2n) is 6.75. The van der Waals surface area contributed by atoms with Crippen LogP contribution in [0.3, 0.4) is 0 Å². The lowest BCUT2D eigenvalue weighted by Gasteiger charge is -2.30. The average molecular weight is 336 g/mol. The van der Waals surface area contributed by atoms with Crippen molar-refractivity contribution in [3.05, 3.63) is 24.3 Å². The van der Waals surface area contributed by atoms with Crippen molar-refractivity contribution in [2.24, 2.45) is 11.8 Å². The summed E-state index contributed by atoms with van der Waals surface area (Å²) in [4.78, 5) is 12.2. The van der Waals surface area contributed by atoms with Crippen molar-refractivity contribution >= 4 is 21.6 Å². The lowest BCUT2D eigenvalue weighted by Crippen LogP contribution is -2.39. The van der Waals surface area contributed by atoms with E-state index in [0.29, 0.717) is 29.6 Å². The van der Waals surface area contributed by atoms with E-state index in [2.05, 4.69) is 12.2 Å². The van der Waals surface area contributed by atoms with Gasteiger partial charge in [0.2, 0.25) is 15.9 Å². The summed E-state index contributed by atoms with van der Waals surface area (Å²) in [5.74, 6) is 0.560. The monoisotopic (exact) mass is 336 g/mol. The minimum Gasteiger partial charge on any atom is -0.326 e. The second-order valence-corrected chi connectivity index (χ2v) is 8.69. The molecule has 0 radical (unpaired) electrons. The molecule has 0 bridgehead atoms. The molecule has 0 spiro atoms. The normalized spacial score (nSPS) is 23.3. The molecule has 1 N–H and O–H groups in total. The minimum atomic E-state index is -3.43. The summed E-state index contributed by atoms with van der Waals surface area (Å²) < 4.78 is 26.9. The highest BCUT2D eigenvalue weighted by atomic mass is 32.2. The van der Waals surface area contributed by atoms with Crippen LogP contribution in [-0.4, -0.2) is 31.7 Å². The number of piperidine rings is 1. The van der Waals surface area contributed by atoms with Gasteiger partial charge in [0.05, 0.1) is 4.90 Å². The maximum atomic E-state index is 12.7. The highest BCUT2D eigenvalue weighted by Gasteiger charge is 2.29. The van der Waals surface area contributed by atoms with E-state index in [1.54, 1.807) is 28.6 Å². The molecular weight excluding hydrogens is 312 g/mol. The van der Waals surface area contributed by atoms with Crippen molar-refractivity contribution < 1.29 is 13.2 Å². The zero-order valence-corrected chi connectivity index (χ0v) is 14.3. The number of carbonyl (C=O) groups excluding carboxylic acids is 1. The molecule has 1 aromatic rings. The van der Waals surface area contributed by atoms with Crippen LogP contribution in [0.15, 0.2) is 29.2 Å².